The summed E-state index contributed by atoms with van der Waals surface area (Å²) in [5.41, 5.74) is 7.96. The molecular formula is C27H35N7O3S2. The van der Waals surface area contributed by atoms with E-state index in [1.807, 2.05) is 0 Å². The van der Waals surface area contributed by atoms with Crippen molar-refractivity contribution in [2.45, 2.75) is 31.2 Å². The van der Waals surface area contributed by atoms with Crippen molar-refractivity contribution in [1.29, 1.82) is 0 Å². The number of rotatable bonds is 9. The zero-order valence-electron chi connectivity index (χ0n) is 22.1. The minimum Gasteiger partial charge on any atom is -0.369 e. The van der Waals surface area contributed by atoms with Gasteiger partial charge in [0.25, 0.3) is 0 Å². The van der Waals surface area contributed by atoms with Crippen molar-refractivity contribution in [3.05, 3.63) is 53.0 Å². The van der Waals surface area contributed by atoms with Gasteiger partial charge in [-0.3, -0.25) is 14.7 Å². The second-order valence-electron chi connectivity index (χ2n) is 10.0. The van der Waals surface area contributed by atoms with Gasteiger partial charge in [-0.1, -0.05) is 6.92 Å². The molecule has 4 heterocycles. The molecule has 0 spiro atoms. The van der Waals surface area contributed by atoms with Crippen LogP contribution < -0.4 is 11.1 Å². The Morgan fingerprint density at radius 1 is 1.05 bits per heavy atom. The Balaban J connectivity index is 1.20. The van der Waals surface area contributed by atoms with Crippen LogP contribution in [0.3, 0.4) is 0 Å². The lowest BCUT2D eigenvalue weighted by Gasteiger charge is -2.33. The number of likely N-dealkylation sites (tertiary alicyclic amines) is 1. The molecule has 39 heavy (non-hydrogen) atoms. The van der Waals surface area contributed by atoms with E-state index >= 15 is 0 Å². The average Bonchev–Trinajstić information content (AvgIpc) is 3.42. The summed E-state index contributed by atoms with van der Waals surface area (Å²) in [5.74, 6) is 0.384. The molecule has 1 aromatic carbocycles. The second kappa shape index (κ2) is 12.1. The SMILES string of the molecule is CCN1CCN(S(=O)(=O)c2ccc(Nc3cncc(-c4csc(CN5CCC(C(N)=O)CC5)c4)n3)cc2)CC1. The minimum atomic E-state index is -3.51. The molecule has 208 valence electrons. The van der Waals surface area contributed by atoms with E-state index in [0.717, 1.165) is 69.1 Å². The lowest BCUT2D eigenvalue weighted by Crippen LogP contribution is -2.48. The fourth-order valence-corrected chi connectivity index (χ4v) is 7.39. The van der Waals surface area contributed by atoms with Crippen molar-refractivity contribution in [3.63, 3.8) is 0 Å². The number of amides is 1. The van der Waals surface area contributed by atoms with Crippen LogP contribution >= 0.6 is 11.3 Å². The maximum absolute atomic E-state index is 13.1. The zero-order chi connectivity index (χ0) is 27.4. The number of nitrogens with two attached hydrogens (primary N) is 1. The molecule has 0 atom stereocenters. The summed E-state index contributed by atoms with van der Waals surface area (Å²) in [5, 5.41) is 5.32. The van der Waals surface area contributed by atoms with Gasteiger partial charge in [-0.05, 0) is 62.8 Å². The Labute approximate surface area is 233 Å². The van der Waals surface area contributed by atoms with E-state index in [1.165, 1.54) is 4.88 Å². The van der Waals surface area contributed by atoms with Gasteiger partial charge in [0.05, 0.1) is 23.0 Å². The molecule has 2 saturated heterocycles. The van der Waals surface area contributed by atoms with Crippen LogP contribution in [0.5, 0.6) is 0 Å². The van der Waals surface area contributed by atoms with Crippen molar-refractivity contribution in [2.75, 3.05) is 51.1 Å². The summed E-state index contributed by atoms with van der Waals surface area (Å²) in [4.78, 5) is 26.6. The third-order valence-corrected chi connectivity index (χ3v) is 10.3. The summed E-state index contributed by atoms with van der Waals surface area (Å²) >= 11 is 1.69. The van der Waals surface area contributed by atoms with Gasteiger partial charge in [0, 0.05) is 60.1 Å². The summed E-state index contributed by atoms with van der Waals surface area (Å²) in [6.07, 6.45) is 5.02. The number of carbonyl (C=O) groups excluding carboxylic acids is 1. The van der Waals surface area contributed by atoms with Crippen LogP contribution in [0.2, 0.25) is 0 Å². The Kier molecular flexibility index (Phi) is 8.57. The number of sulfonamides is 1. The number of primary amides is 1. The van der Waals surface area contributed by atoms with E-state index in [0.29, 0.717) is 23.8 Å². The van der Waals surface area contributed by atoms with Gasteiger partial charge in [0.15, 0.2) is 0 Å². The Bertz CT molecular complexity index is 1380. The van der Waals surface area contributed by atoms with Crippen LogP contribution in [0.15, 0.2) is 53.0 Å². The highest BCUT2D eigenvalue weighted by Crippen LogP contribution is 2.28. The first kappa shape index (κ1) is 27.7. The maximum Gasteiger partial charge on any atom is 0.243 e. The van der Waals surface area contributed by atoms with Gasteiger partial charge in [-0.2, -0.15) is 4.31 Å². The van der Waals surface area contributed by atoms with Gasteiger partial charge in [0.2, 0.25) is 15.9 Å². The topological polar surface area (TPSA) is 125 Å². The average molecular weight is 570 g/mol. The number of hydrogen-bond acceptors (Lipinski definition) is 9. The molecule has 12 heteroatoms. The van der Waals surface area contributed by atoms with E-state index in [1.54, 1.807) is 52.3 Å². The predicted octanol–water partition coefficient (Wildman–Crippen LogP) is 2.97. The Morgan fingerprint density at radius 3 is 2.44 bits per heavy atom. The number of benzene rings is 1. The summed E-state index contributed by atoms with van der Waals surface area (Å²) in [6, 6.07) is 8.93. The van der Waals surface area contributed by atoms with Crippen LogP contribution in [0.1, 0.15) is 24.6 Å². The molecule has 0 unspecified atom stereocenters. The van der Waals surface area contributed by atoms with Crippen molar-refractivity contribution >= 4 is 38.8 Å². The number of hydrogen-bond donors (Lipinski definition) is 2. The van der Waals surface area contributed by atoms with Crippen LogP contribution in [-0.2, 0) is 21.4 Å². The van der Waals surface area contributed by atoms with Gasteiger partial charge in [-0.25, -0.2) is 13.4 Å². The minimum absolute atomic E-state index is 0.00650. The lowest BCUT2D eigenvalue weighted by molar-refractivity contribution is -0.123. The maximum atomic E-state index is 13.1. The predicted molar refractivity (Wildman–Crippen MR) is 153 cm³/mol. The first-order valence-corrected chi connectivity index (χ1v) is 15.6. The molecule has 5 rings (SSSR count). The Hall–Kier alpha value is -2.90. The third-order valence-electron chi connectivity index (χ3n) is 7.50. The van der Waals surface area contributed by atoms with Gasteiger partial charge in [-0.15, -0.1) is 11.3 Å². The molecular weight excluding hydrogens is 534 g/mol. The van der Waals surface area contributed by atoms with Crippen LogP contribution in [-0.4, -0.2) is 84.2 Å². The summed E-state index contributed by atoms with van der Waals surface area (Å²) < 4.78 is 27.7. The molecule has 0 radical (unpaired) electrons. The van der Waals surface area contributed by atoms with E-state index < -0.39 is 10.0 Å². The fraction of sp³-hybridized carbons (Fsp3) is 0.444. The molecule has 3 aromatic rings. The van der Waals surface area contributed by atoms with Crippen molar-refractivity contribution in [2.24, 2.45) is 11.7 Å². The standard InChI is InChI=1S/C27H35N7O3S2/c1-2-32-11-13-34(14-12-32)39(36,37)24-5-3-22(4-6-24)30-26-17-29-16-25(31-26)21-15-23(38-19-21)18-33-9-7-20(8-10-33)27(28)35/h3-6,15-17,19-20H,2,7-14,18H2,1H3,(H2,28,35)(H,30,31). The molecule has 0 saturated carbocycles. The lowest BCUT2D eigenvalue weighted by atomic mass is 9.96. The summed E-state index contributed by atoms with van der Waals surface area (Å²) in [6.45, 7) is 8.14. The largest absolute Gasteiger partial charge is 0.369 e. The normalized spacial score (nSPS) is 18.3. The van der Waals surface area contributed by atoms with Gasteiger partial charge >= 0.3 is 0 Å². The highest BCUT2D eigenvalue weighted by molar-refractivity contribution is 7.89. The van der Waals surface area contributed by atoms with Crippen molar-refractivity contribution in [1.82, 2.24) is 24.1 Å². The van der Waals surface area contributed by atoms with E-state index in [2.05, 4.69) is 38.5 Å². The highest BCUT2D eigenvalue weighted by atomic mass is 32.2. The van der Waals surface area contributed by atoms with Gasteiger partial charge < -0.3 is 16.0 Å². The van der Waals surface area contributed by atoms with Crippen LogP contribution in [0, 0.1) is 5.92 Å². The molecule has 2 aromatic heterocycles. The molecule has 2 aliphatic heterocycles. The quantitative estimate of drug-likeness (QED) is 0.403. The number of nitrogens with one attached hydrogen (secondary N) is 1. The third kappa shape index (κ3) is 6.64. The number of likely N-dealkylation sites (N-methyl/N-ethyl adjacent to an activating group) is 1. The molecule has 1 amide bonds. The monoisotopic (exact) mass is 569 g/mol. The smallest absolute Gasteiger partial charge is 0.243 e. The van der Waals surface area contributed by atoms with Crippen LogP contribution in [0.4, 0.5) is 11.5 Å². The van der Waals surface area contributed by atoms with Crippen LogP contribution in [0.25, 0.3) is 11.3 Å². The van der Waals surface area contributed by atoms with E-state index in [9.17, 15) is 13.2 Å². The number of aromatic nitrogens is 2. The second-order valence-corrected chi connectivity index (χ2v) is 13.0. The number of thiophene rings is 1. The molecule has 3 N–H and O–H groups in total. The van der Waals surface area contributed by atoms with Crippen molar-refractivity contribution < 1.29 is 13.2 Å². The molecule has 2 fully saturated rings. The molecule has 0 aliphatic carbocycles. The highest BCUT2D eigenvalue weighted by Gasteiger charge is 2.28. The molecule has 2 aliphatic rings. The number of nitrogens with zero attached hydrogens (tertiary/aromatic N) is 5. The Morgan fingerprint density at radius 2 is 1.77 bits per heavy atom. The zero-order valence-corrected chi connectivity index (χ0v) is 23.8. The number of anilines is 2. The number of piperazine rings is 1. The first-order chi connectivity index (χ1) is 18.8. The van der Waals surface area contributed by atoms with E-state index in [-0.39, 0.29) is 11.8 Å². The number of piperidine rings is 1. The fourth-order valence-electron chi connectivity index (χ4n) is 5.05. The first-order valence-electron chi connectivity index (χ1n) is 13.3. The van der Waals surface area contributed by atoms with E-state index in [4.69, 9.17) is 10.7 Å². The van der Waals surface area contributed by atoms with Crippen molar-refractivity contribution in [3.8, 4) is 11.3 Å². The number of carbonyl (C=O) groups is 1. The molecule has 0 bridgehead atoms. The molecule has 10 nitrogen and oxygen atoms in total. The summed E-state index contributed by atoms with van der Waals surface area (Å²) in [7, 11) is -3.51. The van der Waals surface area contributed by atoms with Gasteiger partial charge in [0.1, 0.15) is 5.82 Å².